The molecule has 1 aromatic carbocycles. The fourth-order valence-electron chi connectivity index (χ4n) is 2.19. The summed E-state index contributed by atoms with van der Waals surface area (Å²) in [5.74, 6) is -1.41. The maximum atomic E-state index is 12.3. The second-order valence-corrected chi connectivity index (χ2v) is 5.22. The fourth-order valence-corrected chi connectivity index (χ4v) is 2.19. The molecule has 0 saturated carbocycles. The first-order valence-corrected chi connectivity index (χ1v) is 7.76. The van der Waals surface area contributed by atoms with Crippen molar-refractivity contribution < 1.29 is 19.1 Å². The Balaban J connectivity index is 2.40. The van der Waals surface area contributed by atoms with E-state index in [-0.39, 0.29) is 18.9 Å². The molecule has 1 aromatic heterocycles. The molecule has 0 saturated heterocycles. The summed E-state index contributed by atoms with van der Waals surface area (Å²) in [6.07, 6.45) is 2.94. The second-order valence-electron chi connectivity index (χ2n) is 5.22. The highest BCUT2D eigenvalue weighted by Crippen LogP contribution is 2.26. The highest BCUT2D eigenvalue weighted by Gasteiger charge is 2.47. The minimum Gasteiger partial charge on any atom is -0.465 e. The van der Waals surface area contributed by atoms with Crippen molar-refractivity contribution in [3.63, 3.8) is 0 Å². The van der Waals surface area contributed by atoms with Gasteiger partial charge in [-0.3, -0.25) is 19.6 Å². The van der Waals surface area contributed by atoms with Crippen molar-refractivity contribution in [3.8, 4) is 11.3 Å². The molecule has 6 heteroatoms. The number of hydrogen-bond donors (Lipinski definition) is 0. The maximum absolute atomic E-state index is 12.3. The number of carbonyl (C=O) groups excluding carboxylic acids is 2. The van der Waals surface area contributed by atoms with Gasteiger partial charge in [-0.1, -0.05) is 30.3 Å². The molecule has 0 fully saturated rings. The third-order valence-electron chi connectivity index (χ3n) is 3.60. The Labute approximate surface area is 140 Å². The standard InChI is InChI=1S/C18H20N2O4/c1-4-23-16(21)18(3,17(22)24-5-2)15-12-19-14(11-20-15)13-9-7-6-8-10-13/h6-12H,4-5H2,1-3H3. The lowest BCUT2D eigenvalue weighted by molar-refractivity contribution is -0.164. The number of hydrogen-bond acceptors (Lipinski definition) is 6. The summed E-state index contributed by atoms with van der Waals surface area (Å²) in [7, 11) is 0. The van der Waals surface area contributed by atoms with Crippen molar-refractivity contribution in [3.05, 3.63) is 48.4 Å². The Bertz CT molecular complexity index is 681. The van der Waals surface area contributed by atoms with E-state index in [4.69, 9.17) is 9.47 Å². The number of nitrogens with zero attached hydrogens (tertiary/aromatic N) is 2. The molecule has 0 spiro atoms. The zero-order chi connectivity index (χ0) is 17.6. The number of rotatable bonds is 6. The summed E-state index contributed by atoms with van der Waals surface area (Å²) < 4.78 is 10.1. The lowest BCUT2D eigenvalue weighted by Gasteiger charge is -2.24. The summed E-state index contributed by atoms with van der Waals surface area (Å²) in [5, 5.41) is 0. The van der Waals surface area contributed by atoms with E-state index in [0.717, 1.165) is 5.56 Å². The van der Waals surface area contributed by atoms with Crippen molar-refractivity contribution in [2.45, 2.75) is 26.2 Å². The average Bonchev–Trinajstić information content (AvgIpc) is 2.62. The summed E-state index contributed by atoms with van der Waals surface area (Å²) in [5.41, 5.74) is 0.0906. The molecule has 2 aromatic rings. The highest BCUT2D eigenvalue weighted by molar-refractivity contribution is 6.05. The van der Waals surface area contributed by atoms with E-state index in [9.17, 15) is 9.59 Å². The molecule has 0 aliphatic heterocycles. The molecule has 0 aliphatic rings. The van der Waals surface area contributed by atoms with Gasteiger partial charge in [0.25, 0.3) is 0 Å². The molecule has 0 unspecified atom stereocenters. The van der Waals surface area contributed by atoms with Crippen LogP contribution in [0, 0.1) is 0 Å². The number of carbonyl (C=O) groups is 2. The van der Waals surface area contributed by atoms with Gasteiger partial charge < -0.3 is 9.47 Å². The van der Waals surface area contributed by atoms with Crippen LogP contribution in [-0.4, -0.2) is 35.1 Å². The second kappa shape index (κ2) is 7.68. The summed E-state index contributed by atoms with van der Waals surface area (Å²) >= 11 is 0. The van der Waals surface area contributed by atoms with Gasteiger partial charge >= 0.3 is 11.9 Å². The Morgan fingerprint density at radius 2 is 1.54 bits per heavy atom. The van der Waals surface area contributed by atoms with E-state index in [1.54, 1.807) is 13.8 Å². The van der Waals surface area contributed by atoms with Crippen molar-refractivity contribution in [2.24, 2.45) is 0 Å². The SMILES string of the molecule is CCOC(=O)C(C)(C(=O)OCC)c1cnc(-c2ccccc2)cn1. The van der Waals surface area contributed by atoms with Crippen molar-refractivity contribution in [2.75, 3.05) is 13.2 Å². The third kappa shape index (κ3) is 3.42. The number of esters is 2. The monoisotopic (exact) mass is 328 g/mol. The molecule has 0 radical (unpaired) electrons. The predicted molar refractivity (Wildman–Crippen MR) is 88.1 cm³/mol. The largest absolute Gasteiger partial charge is 0.465 e. The third-order valence-corrected chi connectivity index (χ3v) is 3.60. The van der Waals surface area contributed by atoms with Crippen LogP contribution < -0.4 is 0 Å². The summed E-state index contributed by atoms with van der Waals surface area (Å²) in [6.45, 7) is 5.10. The van der Waals surface area contributed by atoms with Crippen LogP contribution in [0.3, 0.4) is 0 Å². The van der Waals surface area contributed by atoms with Crippen LogP contribution in [0.4, 0.5) is 0 Å². The molecule has 0 bridgehead atoms. The van der Waals surface area contributed by atoms with Crippen molar-refractivity contribution >= 4 is 11.9 Å². The zero-order valence-electron chi connectivity index (χ0n) is 14.0. The first kappa shape index (κ1) is 17.6. The van der Waals surface area contributed by atoms with Gasteiger partial charge in [0, 0.05) is 5.56 Å². The van der Waals surface area contributed by atoms with Crippen molar-refractivity contribution in [1.82, 2.24) is 9.97 Å². The average molecular weight is 328 g/mol. The smallest absolute Gasteiger partial charge is 0.329 e. The van der Waals surface area contributed by atoms with Gasteiger partial charge in [-0.05, 0) is 20.8 Å². The molecule has 0 N–H and O–H groups in total. The van der Waals surface area contributed by atoms with Crippen LogP contribution >= 0.6 is 0 Å². The Morgan fingerprint density at radius 1 is 0.958 bits per heavy atom. The van der Waals surface area contributed by atoms with Crippen LogP contribution in [-0.2, 0) is 24.5 Å². The van der Waals surface area contributed by atoms with Gasteiger partial charge in [0.05, 0.1) is 37.0 Å². The van der Waals surface area contributed by atoms with Crippen LogP contribution in [0.25, 0.3) is 11.3 Å². The minimum absolute atomic E-state index is 0.156. The van der Waals surface area contributed by atoms with Gasteiger partial charge in [0.2, 0.25) is 5.41 Å². The van der Waals surface area contributed by atoms with Crippen LogP contribution in [0.15, 0.2) is 42.7 Å². The molecule has 2 rings (SSSR count). The molecule has 6 nitrogen and oxygen atoms in total. The van der Waals surface area contributed by atoms with Gasteiger partial charge in [0.15, 0.2) is 0 Å². The predicted octanol–water partition coefficient (Wildman–Crippen LogP) is 2.53. The molecular formula is C18H20N2O4. The molecule has 0 atom stereocenters. The molecule has 126 valence electrons. The quantitative estimate of drug-likeness (QED) is 0.599. The van der Waals surface area contributed by atoms with Crippen LogP contribution in [0.2, 0.25) is 0 Å². The van der Waals surface area contributed by atoms with Crippen molar-refractivity contribution in [1.29, 1.82) is 0 Å². The molecule has 1 heterocycles. The minimum atomic E-state index is -1.64. The maximum Gasteiger partial charge on any atom is 0.329 e. The Hall–Kier alpha value is -2.76. The fraction of sp³-hybridized carbons (Fsp3) is 0.333. The van der Waals surface area contributed by atoms with Gasteiger partial charge in [-0.25, -0.2) is 0 Å². The number of aromatic nitrogens is 2. The highest BCUT2D eigenvalue weighted by atomic mass is 16.6. The lowest BCUT2D eigenvalue weighted by atomic mass is 9.87. The topological polar surface area (TPSA) is 78.4 Å². The molecular weight excluding hydrogens is 308 g/mol. The summed E-state index contributed by atoms with van der Waals surface area (Å²) in [6, 6.07) is 9.50. The Morgan fingerprint density at radius 3 is 2.00 bits per heavy atom. The zero-order valence-corrected chi connectivity index (χ0v) is 14.0. The van der Waals surface area contributed by atoms with E-state index in [1.165, 1.54) is 19.3 Å². The van der Waals surface area contributed by atoms with Gasteiger partial charge in [0.1, 0.15) is 0 Å². The van der Waals surface area contributed by atoms with Gasteiger partial charge in [-0.15, -0.1) is 0 Å². The number of benzene rings is 1. The lowest BCUT2D eigenvalue weighted by Crippen LogP contribution is -2.44. The molecule has 0 aliphatic carbocycles. The van der Waals surface area contributed by atoms with E-state index in [2.05, 4.69) is 9.97 Å². The van der Waals surface area contributed by atoms with E-state index >= 15 is 0 Å². The molecule has 0 amide bonds. The van der Waals surface area contributed by atoms with E-state index in [0.29, 0.717) is 5.69 Å². The normalized spacial score (nSPS) is 11.0. The Kier molecular flexibility index (Phi) is 5.63. The first-order valence-electron chi connectivity index (χ1n) is 7.76. The van der Waals surface area contributed by atoms with E-state index < -0.39 is 17.4 Å². The van der Waals surface area contributed by atoms with Crippen LogP contribution in [0.5, 0.6) is 0 Å². The molecule has 24 heavy (non-hydrogen) atoms. The number of ether oxygens (including phenoxy) is 2. The van der Waals surface area contributed by atoms with Crippen LogP contribution in [0.1, 0.15) is 26.5 Å². The van der Waals surface area contributed by atoms with Gasteiger partial charge in [-0.2, -0.15) is 0 Å². The summed E-state index contributed by atoms with van der Waals surface area (Å²) in [4.78, 5) is 33.3. The first-order chi connectivity index (χ1) is 11.5. The van der Waals surface area contributed by atoms with E-state index in [1.807, 2.05) is 30.3 Å².